The van der Waals surface area contributed by atoms with Crippen molar-refractivity contribution in [2.45, 2.75) is 0 Å². The maximum absolute atomic E-state index is 6.25. The van der Waals surface area contributed by atoms with Gasteiger partial charge in [0.2, 0.25) is 0 Å². The van der Waals surface area contributed by atoms with Gasteiger partial charge in [0.15, 0.2) is 0 Å². The van der Waals surface area contributed by atoms with Gasteiger partial charge in [0, 0.05) is 37.6 Å². The summed E-state index contributed by atoms with van der Waals surface area (Å²) in [5, 5.41) is 4.78. The minimum atomic E-state index is 0.891. The molecule has 3 heteroatoms. The van der Waals surface area contributed by atoms with Crippen LogP contribution >= 0.6 is 11.3 Å². The van der Waals surface area contributed by atoms with Crippen molar-refractivity contribution < 1.29 is 4.42 Å². The lowest BCUT2D eigenvalue weighted by atomic mass is 10.00. The molecule has 10 aromatic rings. The van der Waals surface area contributed by atoms with E-state index in [4.69, 9.17) is 4.42 Å². The minimum absolute atomic E-state index is 0.891. The lowest BCUT2D eigenvalue weighted by Crippen LogP contribution is -2.10. The molecule has 2 heterocycles. The van der Waals surface area contributed by atoms with E-state index in [2.05, 4.69) is 181 Å². The lowest BCUT2D eigenvalue weighted by molar-refractivity contribution is 0.669. The lowest BCUT2D eigenvalue weighted by Gasteiger charge is -2.26. The fourth-order valence-electron chi connectivity index (χ4n) is 7.40. The van der Waals surface area contributed by atoms with E-state index in [9.17, 15) is 0 Å². The Balaban J connectivity index is 1.14. The van der Waals surface area contributed by atoms with Gasteiger partial charge in [-0.2, -0.15) is 0 Å². The number of furan rings is 1. The molecule has 0 amide bonds. The smallest absolute Gasteiger partial charge is 0.135 e. The number of rotatable bonds is 6. The van der Waals surface area contributed by atoms with E-state index in [0.29, 0.717) is 0 Å². The molecule has 0 atom stereocenters. The average molecular weight is 670 g/mol. The predicted octanol–water partition coefficient (Wildman–Crippen LogP) is 14.4. The number of nitrogens with zero attached hydrogens (tertiary/aromatic N) is 1. The highest BCUT2D eigenvalue weighted by Gasteiger charge is 2.20. The Labute approximate surface area is 300 Å². The summed E-state index contributed by atoms with van der Waals surface area (Å²) in [6.45, 7) is 0. The van der Waals surface area contributed by atoms with Crippen LogP contribution in [0.3, 0.4) is 0 Å². The van der Waals surface area contributed by atoms with E-state index >= 15 is 0 Å². The highest BCUT2D eigenvalue weighted by molar-refractivity contribution is 7.27. The highest BCUT2D eigenvalue weighted by atomic mass is 32.1. The van der Waals surface area contributed by atoms with Gasteiger partial charge in [0.25, 0.3) is 0 Å². The zero-order valence-electron chi connectivity index (χ0n) is 27.7. The summed E-state index contributed by atoms with van der Waals surface area (Å²) < 4.78 is 8.81. The van der Waals surface area contributed by atoms with Crippen LogP contribution in [0.2, 0.25) is 0 Å². The van der Waals surface area contributed by atoms with Gasteiger partial charge < -0.3 is 9.32 Å². The van der Waals surface area contributed by atoms with Crippen LogP contribution in [0.4, 0.5) is 17.1 Å². The van der Waals surface area contributed by atoms with Gasteiger partial charge in [-0.15, -0.1) is 11.3 Å². The van der Waals surface area contributed by atoms with Gasteiger partial charge in [-0.3, -0.25) is 0 Å². The first-order chi connectivity index (χ1) is 25.3. The summed E-state index contributed by atoms with van der Waals surface area (Å²) in [6.07, 6.45) is 0. The first kappa shape index (κ1) is 29.5. The number of para-hydroxylation sites is 1. The van der Waals surface area contributed by atoms with Crippen molar-refractivity contribution in [3.8, 4) is 33.4 Å². The number of hydrogen-bond donors (Lipinski definition) is 0. The number of anilines is 3. The van der Waals surface area contributed by atoms with Crippen molar-refractivity contribution >= 4 is 70.5 Å². The number of benzene rings is 8. The largest absolute Gasteiger partial charge is 0.456 e. The third-order valence-corrected chi connectivity index (χ3v) is 11.2. The third-order valence-electron chi connectivity index (χ3n) is 9.90. The summed E-state index contributed by atoms with van der Waals surface area (Å²) >= 11 is 1.87. The Morgan fingerprint density at radius 3 is 1.61 bits per heavy atom. The fraction of sp³-hybridized carbons (Fsp3) is 0. The van der Waals surface area contributed by atoms with Gasteiger partial charge in [-0.05, 0) is 75.8 Å². The van der Waals surface area contributed by atoms with Crippen LogP contribution in [0.1, 0.15) is 0 Å². The zero-order valence-corrected chi connectivity index (χ0v) is 28.5. The molecule has 0 unspecified atom stereocenters. The Bertz CT molecular complexity index is 2830. The van der Waals surface area contributed by atoms with E-state index in [1.165, 1.54) is 53.6 Å². The van der Waals surface area contributed by atoms with Crippen molar-refractivity contribution in [1.82, 2.24) is 0 Å². The number of fused-ring (bicyclic) bond motifs is 6. The second-order valence-corrected chi connectivity index (χ2v) is 13.9. The quantitative estimate of drug-likeness (QED) is 0.175. The molecule has 8 aromatic carbocycles. The summed E-state index contributed by atoms with van der Waals surface area (Å²) in [4.78, 5) is 2.41. The van der Waals surface area contributed by atoms with Gasteiger partial charge in [0.1, 0.15) is 11.2 Å². The van der Waals surface area contributed by atoms with E-state index in [0.717, 1.165) is 39.0 Å². The van der Waals surface area contributed by atoms with Crippen molar-refractivity contribution in [2.24, 2.45) is 0 Å². The van der Waals surface area contributed by atoms with Crippen LogP contribution in [0.15, 0.2) is 192 Å². The predicted molar refractivity (Wildman–Crippen MR) is 218 cm³/mol. The first-order valence-electron chi connectivity index (χ1n) is 17.3. The van der Waals surface area contributed by atoms with Crippen molar-refractivity contribution in [1.29, 1.82) is 0 Å². The van der Waals surface area contributed by atoms with E-state index in [1.807, 2.05) is 23.5 Å². The van der Waals surface area contributed by atoms with Crippen LogP contribution in [0.25, 0.3) is 75.5 Å². The van der Waals surface area contributed by atoms with E-state index in [-0.39, 0.29) is 0 Å². The summed E-state index contributed by atoms with van der Waals surface area (Å²) in [7, 11) is 0. The molecule has 2 nitrogen and oxygen atoms in total. The first-order valence-corrected chi connectivity index (χ1v) is 18.1. The molecule has 0 spiro atoms. The van der Waals surface area contributed by atoms with E-state index < -0.39 is 0 Å². The Hall–Kier alpha value is -6.42. The fourth-order valence-corrected chi connectivity index (χ4v) is 8.74. The molecule has 0 bridgehead atoms. The summed E-state index contributed by atoms with van der Waals surface area (Å²) in [5.74, 6) is 0. The standard InChI is InChI=1S/C48H31NOS/c1-3-11-32(12-4-1)33-21-23-34(24-22-33)35-25-27-37(28-26-35)49(38-29-30-46-43(31-38)40-15-7-8-20-45(40)50-46)44-19-10-18-42-41-17-9-16-39(47(41)51-48(42)44)36-13-5-2-6-14-36/h1-31H. The molecule has 0 aliphatic heterocycles. The van der Waals surface area contributed by atoms with Crippen LogP contribution in [-0.2, 0) is 0 Å². The zero-order chi connectivity index (χ0) is 33.7. The maximum Gasteiger partial charge on any atom is 0.135 e. The van der Waals surface area contributed by atoms with Crippen LogP contribution in [-0.4, -0.2) is 0 Å². The molecule has 0 N–H and O–H groups in total. The monoisotopic (exact) mass is 669 g/mol. The summed E-state index contributed by atoms with van der Waals surface area (Å²) in [6, 6.07) is 67.4. The van der Waals surface area contributed by atoms with Crippen molar-refractivity contribution in [3.63, 3.8) is 0 Å². The third kappa shape index (κ3) is 5.10. The SMILES string of the molecule is c1ccc(-c2ccc(-c3ccc(N(c4ccc5oc6ccccc6c5c4)c4cccc5c4sc4c(-c6ccccc6)cccc45)cc3)cc2)cc1. The van der Waals surface area contributed by atoms with Crippen LogP contribution < -0.4 is 4.90 Å². The Kier molecular flexibility index (Phi) is 7.04. The second-order valence-electron chi connectivity index (χ2n) is 12.9. The van der Waals surface area contributed by atoms with Gasteiger partial charge in [-0.25, -0.2) is 0 Å². The molecule has 240 valence electrons. The molecule has 2 aromatic heterocycles. The van der Waals surface area contributed by atoms with Gasteiger partial charge in [0.05, 0.1) is 10.4 Å². The van der Waals surface area contributed by atoms with Crippen LogP contribution in [0, 0.1) is 0 Å². The number of hydrogen-bond acceptors (Lipinski definition) is 3. The Morgan fingerprint density at radius 1 is 0.353 bits per heavy atom. The topological polar surface area (TPSA) is 16.4 Å². The van der Waals surface area contributed by atoms with E-state index in [1.54, 1.807) is 0 Å². The Morgan fingerprint density at radius 2 is 0.882 bits per heavy atom. The second kappa shape index (κ2) is 12.2. The molecule has 0 fully saturated rings. The maximum atomic E-state index is 6.25. The normalized spacial score (nSPS) is 11.5. The number of thiophene rings is 1. The van der Waals surface area contributed by atoms with Gasteiger partial charge >= 0.3 is 0 Å². The molecule has 0 aliphatic rings. The highest BCUT2D eigenvalue weighted by Crippen LogP contribution is 2.48. The molecule has 0 saturated heterocycles. The molecule has 0 saturated carbocycles. The molecular weight excluding hydrogens is 639 g/mol. The molecular formula is C48H31NOS. The minimum Gasteiger partial charge on any atom is -0.456 e. The van der Waals surface area contributed by atoms with Gasteiger partial charge in [-0.1, -0.05) is 146 Å². The molecule has 0 radical (unpaired) electrons. The van der Waals surface area contributed by atoms with Crippen LogP contribution in [0.5, 0.6) is 0 Å². The molecule has 51 heavy (non-hydrogen) atoms. The molecule has 0 aliphatic carbocycles. The molecule has 10 rings (SSSR count). The summed E-state index contributed by atoms with van der Waals surface area (Å²) in [5.41, 5.74) is 12.4. The average Bonchev–Trinajstić information content (AvgIpc) is 3.78. The van der Waals surface area contributed by atoms with Crippen molar-refractivity contribution in [2.75, 3.05) is 4.90 Å². The van der Waals surface area contributed by atoms with Crippen molar-refractivity contribution in [3.05, 3.63) is 188 Å².